The first-order valence-corrected chi connectivity index (χ1v) is 7.07. The number of ketones is 1. The van der Waals surface area contributed by atoms with Crippen molar-refractivity contribution in [3.8, 4) is 6.07 Å². The number of hydrogen-bond donors (Lipinski definition) is 2. The summed E-state index contributed by atoms with van der Waals surface area (Å²) in [5.41, 5.74) is 3.09. The molecule has 1 atom stereocenters. The van der Waals surface area contributed by atoms with Crippen molar-refractivity contribution >= 4 is 22.4 Å². The standard InChI is InChI=1S/C18H13N3O/c1-18(17(22)12-4-2-3-5-16(12)21-18)14-10-20-15-7-6-11(9-19)8-13(14)15/h2-8,10,20-21H,1H3. The van der Waals surface area contributed by atoms with E-state index in [9.17, 15) is 4.79 Å². The molecule has 2 heterocycles. The number of nitrogens with zero attached hydrogens (tertiary/aromatic N) is 1. The summed E-state index contributed by atoms with van der Waals surface area (Å²) in [4.78, 5) is 16.1. The molecular formula is C18H13N3O. The highest BCUT2D eigenvalue weighted by molar-refractivity contribution is 6.15. The van der Waals surface area contributed by atoms with E-state index in [2.05, 4.69) is 16.4 Å². The van der Waals surface area contributed by atoms with Crippen LogP contribution in [0.15, 0.2) is 48.7 Å². The smallest absolute Gasteiger partial charge is 0.194 e. The highest BCUT2D eigenvalue weighted by atomic mass is 16.1. The number of benzene rings is 2. The van der Waals surface area contributed by atoms with Crippen molar-refractivity contribution in [3.63, 3.8) is 0 Å². The first-order chi connectivity index (χ1) is 10.6. The molecule has 0 amide bonds. The molecule has 22 heavy (non-hydrogen) atoms. The van der Waals surface area contributed by atoms with Gasteiger partial charge in [-0.3, -0.25) is 4.79 Å². The van der Waals surface area contributed by atoms with Crippen molar-refractivity contribution in [3.05, 3.63) is 65.4 Å². The Morgan fingerprint density at radius 3 is 2.77 bits per heavy atom. The van der Waals surface area contributed by atoms with Gasteiger partial charge >= 0.3 is 0 Å². The predicted octanol–water partition coefficient (Wildman–Crippen LogP) is 3.56. The lowest BCUT2D eigenvalue weighted by atomic mass is 9.87. The monoisotopic (exact) mass is 287 g/mol. The normalized spacial score (nSPS) is 19.7. The lowest BCUT2D eigenvalue weighted by molar-refractivity contribution is 0.0929. The summed E-state index contributed by atoms with van der Waals surface area (Å²) in [5.74, 6) is 0.0476. The maximum Gasteiger partial charge on any atom is 0.194 e. The van der Waals surface area contributed by atoms with Gasteiger partial charge in [0.25, 0.3) is 0 Å². The number of H-pyrrole nitrogens is 1. The highest BCUT2D eigenvalue weighted by Gasteiger charge is 2.43. The van der Waals surface area contributed by atoms with Gasteiger partial charge in [0, 0.05) is 33.9 Å². The second kappa shape index (κ2) is 4.22. The molecule has 0 spiro atoms. The maximum atomic E-state index is 12.9. The third-order valence-electron chi connectivity index (χ3n) is 4.36. The molecule has 3 aromatic rings. The summed E-state index contributed by atoms with van der Waals surface area (Å²) in [5, 5.41) is 13.3. The van der Waals surface area contributed by atoms with Crippen LogP contribution >= 0.6 is 0 Å². The molecule has 4 heteroatoms. The molecule has 2 aromatic carbocycles. The summed E-state index contributed by atoms with van der Waals surface area (Å²) in [6.07, 6.45) is 1.85. The van der Waals surface area contributed by atoms with E-state index in [4.69, 9.17) is 5.26 Å². The first-order valence-electron chi connectivity index (χ1n) is 7.07. The lowest BCUT2D eigenvalue weighted by Gasteiger charge is -2.23. The fourth-order valence-electron chi connectivity index (χ4n) is 3.18. The second-order valence-corrected chi connectivity index (χ2v) is 5.70. The number of nitrogens with one attached hydrogen (secondary N) is 2. The molecule has 0 saturated heterocycles. The fourth-order valence-corrected chi connectivity index (χ4v) is 3.18. The molecule has 0 saturated carbocycles. The van der Waals surface area contributed by atoms with Crippen molar-refractivity contribution in [1.82, 2.24) is 4.98 Å². The van der Waals surface area contributed by atoms with E-state index in [-0.39, 0.29) is 5.78 Å². The number of para-hydroxylation sites is 1. The topological polar surface area (TPSA) is 68.7 Å². The van der Waals surface area contributed by atoms with E-state index in [1.165, 1.54) is 0 Å². The van der Waals surface area contributed by atoms with Crippen LogP contribution in [0.1, 0.15) is 28.4 Å². The van der Waals surface area contributed by atoms with Gasteiger partial charge in [0.2, 0.25) is 0 Å². The van der Waals surface area contributed by atoms with Gasteiger partial charge in [0.05, 0.1) is 11.6 Å². The molecule has 4 nitrogen and oxygen atoms in total. The molecule has 4 rings (SSSR count). The number of aromatic nitrogens is 1. The number of aromatic amines is 1. The number of Topliss-reactive ketones (excluding diaryl/α,β-unsaturated/α-hetero) is 1. The van der Waals surface area contributed by atoms with Crippen molar-refractivity contribution in [2.75, 3.05) is 5.32 Å². The minimum atomic E-state index is -0.823. The largest absolute Gasteiger partial charge is 0.368 e. The van der Waals surface area contributed by atoms with Gasteiger partial charge in [-0.15, -0.1) is 0 Å². The summed E-state index contributed by atoms with van der Waals surface area (Å²) in [6.45, 7) is 1.89. The van der Waals surface area contributed by atoms with E-state index >= 15 is 0 Å². The summed E-state index contributed by atoms with van der Waals surface area (Å²) < 4.78 is 0. The lowest BCUT2D eigenvalue weighted by Crippen LogP contribution is -2.34. The highest BCUT2D eigenvalue weighted by Crippen LogP contribution is 2.41. The zero-order chi connectivity index (χ0) is 15.3. The quantitative estimate of drug-likeness (QED) is 0.719. The number of rotatable bonds is 1. The maximum absolute atomic E-state index is 12.9. The minimum Gasteiger partial charge on any atom is -0.368 e. The van der Waals surface area contributed by atoms with Crippen LogP contribution in [0.3, 0.4) is 0 Å². The Bertz CT molecular complexity index is 964. The molecule has 0 bridgehead atoms. The van der Waals surface area contributed by atoms with Crippen molar-refractivity contribution in [1.29, 1.82) is 5.26 Å². The van der Waals surface area contributed by atoms with Crippen LogP contribution in [0.4, 0.5) is 5.69 Å². The average Bonchev–Trinajstić information content (AvgIpc) is 3.08. The first kappa shape index (κ1) is 12.7. The fraction of sp³-hybridized carbons (Fsp3) is 0.111. The number of fused-ring (bicyclic) bond motifs is 2. The Balaban J connectivity index is 1.93. The van der Waals surface area contributed by atoms with Crippen LogP contribution in [0.5, 0.6) is 0 Å². The molecule has 0 radical (unpaired) electrons. The van der Waals surface area contributed by atoms with Crippen LogP contribution in [0, 0.1) is 11.3 Å². The van der Waals surface area contributed by atoms with E-state index in [1.54, 1.807) is 6.07 Å². The van der Waals surface area contributed by atoms with Gasteiger partial charge in [-0.05, 0) is 37.3 Å². The number of carbonyl (C=O) groups is 1. The number of carbonyl (C=O) groups excluding carboxylic acids is 1. The number of anilines is 1. The van der Waals surface area contributed by atoms with E-state index in [1.807, 2.05) is 49.5 Å². The van der Waals surface area contributed by atoms with Crippen LogP contribution in [0.2, 0.25) is 0 Å². The Kier molecular flexibility index (Phi) is 2.43. The third kappa shape index (κ3) is 1.54. The van der Waals surface area contributed by atoms with Gasteiger partial charge in [0.15, 0.2) is 5.78 Å². The van der Waals surface area contributed by atoms with Gasteiger partial charge < -0.3 is 10.3 Å². The van der Waals surface area contributed by atoms with Crippen molar-refractivity contribution in [2.24, 2.45) is 0 Å². The van der Waals surface area contributed by atoms with Gasteiger partial charge in [0.1, 0.15) is 5.54 Å². The average molecular weight is 287 g/mol. The van der Waals surface area contributed by atoms with E-state index < -0.39 is 5.54 Å². The minimum absolute atomic E-state index is 0.0476. The van der Waals surface area contributed by atoms with Crippen LogP contribution in [-0.4, -0.2) is 10.8 Å². The van der Waals surface area contributed by atoms with Gasteiger partial charge in [-0.2, -0.15) is 5.26 Å². The molecule has 2 N–H and O–H groups in total. The van der Waals surface area contributed by atoms with Crippen LogP contribution < -0.4 is 5.32 Å². The van der Waals surface area contributed by atoms with Gasteiger partial charge in [-0.1, -0.05) is 12.1 Å². The molecular weight excluding hydrogens is 274 g/mol. The Labute approximate surface area is 127 Å². The third-order valence-corrected chi connectivity index (χ3v) is 4.36. The van der Waals surface area contributed by atoms with Crippen LogP contribution in [-0.2, 0) is 5.54 Å². The van der Waals surface area contributed by atoms with Crippen molar-refractivity contribution in [2.45, 2.75) is 12.5 Å². The molecule has 1 aliphatic rings. The van der Waals surface area contributed by atoms with Crippen LogP contribution in [0.25, 0.3) is 10.9 Å². The molecule has 0 aliphatic carbocycles. The summed E-state index contributed by atoms with van der Waals surface area (Å²) in [6, 6.07) is 15.1. The van der Waals surface area contributed by atoms with Gasteiger partial charge in [-0.25, -0.2) is 0 Å². The molecule has 1 aliphatic heterocycles. The van der Waals surface area contributed by atoms with E-state index in [0.29, 0.717) is 11.1 Å². The molecule has 106 valence electrons. The van der Waals surface area contributed by atoms with E-state index in [0.717, 1.165) is 22.2 Å². The SMILES string of the molecule is CC1(c2c[nH]c3ccc(C#N)cc23)Nc2ccccc2C1=O. The summed E-state index contributed by atoms with van der Waals surface area (Å²) in [7, 11) is 0. The molecule has 0 fully saturated rings. The Morgan fingerprint density at radius 1 is 1.18 bits per heavy atom. The Hall–Kier alpha value is -3.06. The van der Waals surface area contributed by atoms with Crippen molar-refractivity contribution < 1.29 is 4.79 Å². The molecule has 1 unspecified atom stereocenters. The zero-order valence-corrected chi connectivity index (χ0v) is 12.0. The predicted molar refractivity (Wildman–Crippen MR) is 84.8 cm³/mol. The zero-order valence-electron chi connectivity index (χ0n) is 12.0. The molecule has 1 aromatic heterocycles. The second-order valence-electron chi connectivity index (χ2n) is 5.70. The number of nitriles is 1. The Morgan fingerprint density at radius 2 is 2.00 bits per heavy atom. The summed E-state index contributed by atoms with van der Waals surface area (Å²) >= 11 is 0. The number of hydrogen-bond acceptors (Lipinski definition) is 3.